The van der Waals surface area contributed by atoms with Crippen LogP contribution < -0.4 is 5.32 Å². The largest absolute Gasteiger partial charge is 0.310 e. The van der Waals surface area contributed by atoms with E-state index in [4.69, 9.17) is 0 Å². The third kappa shape index (κ3) is 2.94. The highest BCUT2D eigenvalue weighted by Crippen LogP contribution is 2.30. The molecule has 1 fully saturated rings. The molecule has 1 saturated carbocycles. The monoisotopic (exact) mass is 289 g/mol. The fraction of sp³-hybridized carbons (Fsp3) is 0.412. The molecule has 1 aliphatic carbocycles. The van der Waals surface area contributed by atoms with Gasteiger partial charge in [0.1, 0.15) is 5.82 Å². The zero-order valence-electron chi connectivity index (χ0n) is 11.7. The first-order chi connectivity index (χ1) is 9.74. The van der Waals surface area contributed by atoms with Crippen molar-refractivity contribution in [2.24, 2.45) is 5.92 Å². The minimum absolute atomic E-state index is 0.136. The molecule has 0 spiro atoms. The van der Waals surface area contributed by atoms with Crippen LogP contribution in [0.5, 0.6) is 0 Å². The topological polar surface area (TPSA) is 12.0 Å². The standard InChI is InChI=1S/C17H20FNS/c1-12(14-4-2-5-14)19-11-13-7-8-16(18)15(10-13)17-6-3-9-20-17/h3,6-10,12,14,19H,2,4-5,11H2,1H3. The van der Waals surface area contributed by atoms with Gasteiger partial charge in [-0.25, -0.2) is 4.39 Å². The Balaban J connectivity index is 1.69. The summed E-state index contributed by atoms with van der Waals surface area (Å²) in [5, 5.41) is 5.56. The van der Waals surface area contributed by atoms with Crippen LogP contribution in [0.3, 0.4) is 0 Å². The van der Waals surface area contributed by atoms with Gasteiger partial charge in [-0.1, -0.05) is 18.6 Å². The van der Waals surface area contributed by atoms with E-state index in [-0.39, 0.29) is 5.82 Å². The van der Waals surface area contributed by atoms with E-state index < -0.39 is 0 Å². The van der Waals surface area contributed by atoms with E-state index in [0.717, 1.165) is 28.5 Å². The van der Waals surface area contributed by atoms with Gasteiger partial charge in [0.05, 0.1) is 0 Å². The van der Waals surface area contributed by atoms with Gasteiger partial charge in [0.2, 0.25) is 0 Å². The van der Waals surface area contributed by atoms with Crippen LogP contribution in [-0.2, 0) is 6.54 Å². The second-order valence-corrected chi connectivity index (χ2v) is 6.60. The molecule has 1 aromatic heterocycles. The number of halogens is 1. The number of rotatable bonds is 5. The van der Waals surface area contributed by atoms with Gasteiger partial charge in [0.15, 0.2) is 0 Å². The smallest absolute Gasteiger partial charge is 0.131 e. The Morgan fingerprint density at radius 3 is 2.85 bits per heavy atom. The zero-order chi connectivity index (χ0) is 13.9. The average molecular weight is 289 g/mol. The van der Waals surface area contributed by atoms with Gasteiger partial charge in [0.25, 0.3) is 0 Å². The van der Waals surface area contributed by atoms with Gasteiger partial charge in [-0.3, -0.25) is 0 Å². The van der Waals surface area contributed by atoms with Crippen molar-refractivity contribution in [1.29, 1.82) is 0 Å². The molecule has 1 N–H and O–H groups in total. The summed E-state index contributed by atoms with van der Waals surface area (Å²) < 4.78 is 13.9. The molecule has 2 aromatic rings. The lowest BCUT2D eigenvalue weighted by molar-refractivity contribution is 0.240. The first kappa shape index (κ1) is 13.8. The Bertz CT molecular complexity index is 560. The summed E-state index contributed by atoms with van der Waals surface area (Å²) in [6.07, 6.45) is 4.06. The molecule has 0 bridgehead atoms. The maximum Gasteiger partial charge on any atom is 0.131 e. The van der Waals surface area contributed by atoms with E-state index in [1.807, 2.05) is 29.6 Å². The summed E-state index contributed by atoms with van der Waals surface area (Å²) >= 11 is 1.58. The summed E-state index contributed by atoms with van der Waals surface area (Å²) in [7, 11) is 0. The molecule has 106 valence electrons. The van der Waals surface area contributed by atoms with Crippen molar-refractivity contribution in [2.45, 2.75) is 38.8 Å². The normalized spacial score (nSPS) is 16.9. The molecular formula is C17H20FNS. The molecule has 0 saturated heterocycles. The van der Waals surface area contributed by atoms with Crippen LogP contribution in [0.4, 0.5) is 4.39 Å². The van der Waals surface area contributed by atoms with Crippen molar-refractivity contribution in [3.8, 4) is 10.4 Å². The first-order valence-electron chi connectivity index (χ1n) is 7.30. The maximum absolute atomic E-state index is 13.9. The van der Waals surface area contributed by atoms with Gasteiger partial charge in [-0.15, -0.1) is 11.3 Å². The lowest BCUT2D eigenvalue weighted by Crippen LogP contribution is -2.36. The summed E-state index contributed by atoms with van der Waals surface area (Å²) in [5.41, 5.74) is 1.87. The fourth-order valence-corrected chi connectivity index (χ4v) is 3.43. The second kappa shape index (κ2) is 6.06. The van der Waals surface area contributed by atoms with Crippen molar-refractivity contribution in [3.05, 3.63) is 47.1 Å². The Hall–Kier alpha value is -1.19. The molecule has 1 unspecified atom stereocenters. The third-order valence-corrected chi connectivity index (χ3v) is 5.21. The van der Waals surface area contributed by atoms with Crippen molar-refractivity contribution in [2.75, 3.05) is 0 Å². The summed E-state index contributed by atoms with van der Waals surface area (Å²) in [6.45, 7) is 3.07. The van der Waals surface area contributed by atoms with Crippen LogP contribution in [-0.4, -0.2) is 6.04 Å². The van der Waals surface area contributed by atoms with Crippen molar-refractivity contribution in [3.63, 3.8) is 0 Å². The van der Waals surface area contributed by atoms with Crippen LogP contribution >= 0.6 is 11.3 Å². The molecule has 1 nitrogen and oxygen atoms in total. The summed E-state index contributed by atoms with van der Waals surface area (Å²) in [5.74, 6) is 0.690. The highest BCUT2D eigenvalue weighted by atomic mass is 32.1. The molecule has 1 atom stereocenters. The summed E-state index contributed by atoms with van der Waals surface area (Å²) in [4.78, 5) is 0.997. The lowest BCUT2D eigenvalue weighted by Gasteiger charge is -2.32. The van der Waals surface area contributed by atoms with E-state index in [9.17, 15) is 4.39 Å². The van der Waals surface area contributed by atoms with Crippen LogP contribution in [0.2, 0.25) is 0 Å². The minimum atomic E-state index is -0.136. The molecule has 0 radical (unpaired) electrons. The SMILES string of the molecule is CC(NCc1ccc(F)c(-c2cccs2)c1)C1CCC1. The van der Waals surface area contributed by atoms with Gasteiger partial charge in [0, 0.05) is 23.0 Å². The van der Waals surface area contributed by atoms with Crippen molar-refractivity contribution >= 4 is 11.3 Å². The van der Waals surface area contributed by atoms with Crippen LogP contribution in [0.1, 0.15) is 31.7 Å². The predicted molar refractivity (Wildman–Crippen MR) is 83.4 cm³/mol. The van der Waals surface area contributed by atoms with Gasteiger partial charge in [-0.2, -0.15) is 0 Å². The third-order valence-electron chi connectivity index (χ3n) is 4.30. The molecule has 1 aliphatic rings. The fourth-order valence-electron chi connectivity index (χ4n) is 2.69. The molecule has 20 heavy (non-hydrogen) atoms. The maximum atomic E-state index is 13.9. The second-order valence-electron chi connectivity index (χ2n) is 5.65. The van der Waals surface area contributed by atoms with E-state index in [1.54, 1.807) is 17.4 Å². The van der Waals surface area contributed by atoms with E-state index >= 15 is 0 Å². The Kier molecular flexibility index (Phi) is 4.18. The molecule has 3 rings (SSSR count). The first-order valence-corrected chi connectivity index (χ1v) is 8.17. The van der Waals surface area contributed by atoms with Crippen LogP contribution in [0.25, 0.3) is 10.4 Å². The van der Waals surface area contributed by atoms with Crippen molar-refractivity contribution < 1.29 is 4.39 Å². The van der Waals surface area contributed by atoms with Gasteiger partial charge < -0.3 is 5.32 Å². The van der Waals surface area contributed by atoms with Gasteiger partial charge in [-0.05, 0) is 54.8 Å². The van der Waals surface area contributed by atoms with Crippen LogP contribution in [0, 0.1) is 11.7 Å². The van der Waals surface area contributed by atoms with E-state index in [0.29, 0.717) is 6.04 Å². The minimum Gasteiger partial charge on any atom is -0.310 e. The number of thiophene rings is 1. The van der Waals surface area contributed by atoms with Crippen LogP contribution in [0.15, 0.2) is 35.7 Å². The molecule has 3 heteroatoms. The van der Waals surface area contributed by atoms with Crippen molar-refractivity contribution in [1.82, 2.24) is 5.32 Å². The number of nitrogens with one attached hydrogen (secondary N) is 1. The quantitative estimate of drug-likeness (QED) is 0.831. The zero-order valence-corrected chi connectivity index (χ0v) is 12.5. The van der Waals surface area contributed by atoms with E-state index in [2.05, 4.69) is 12.2 Å². The Morgan fingerprint density at radius 2 is 2.20 bits per heavy atom. The Labute approximate surface area is 123 Å². The van der Waals surface area contributed by atoms with Gasteiger partial charge >= 0.3 is 0 Å². The molecular weight excluding hydrogens is 269 g/mol. The highest BCUT2D eigenvalue weighted by molar-refractivity contribution is 7.13. The number of benzene rings is 1. The highest BCUT2D eigenvalue weighted by Gasteiger charge is 2.23. The average Bonchev–Trinajstić information content (AvgIpc) is 2.89. The summed E-state index contributed by atoms with van der Waals surface area (Å²) in [6, 6.07) is 9.92. The number of hydrogen-bond acceptors (Lipinski definition) is 2. The molecule has 0 amide bonds. The molecule has 0 aliphatic heterocycles. The molecule has 1 heterocycles. The lowest BCUT2D eigenvalue weighted by atomic mass is 9.80. The predicted octanol–water partition coefficient (Wildman–Crippen LogP) is 4.83. The number of hydrogen-bond donors (Lipinski definition) is 1. The Morgan fingerprint density at radius 1 is 1.35 bits per heavy atom. The molecule has 1 aromatic carbocycles. The van der Waals surface area contributed by atoms with E-state index in [1.165, 1.54) is 19.3 Å².